The fraction of sp³-hybridized carbons (Fsp3) is 0. The predicted octanol–water partition coefficient (Wildman–Crippen LogP) is 2.33. The topological polar surface area (TPSA) is 50.5 Å². The van der Waals surface area contributed by atoms with E-state index in [-0.39, 0.29) is 14.7 Å². The van der Waals surface area contributed by atoms with Crippen molar-refractivity contribution in [3.8, 4) is 0 Å². The van der Waals surface area contributed by atoms with E-state index in [0.29, 0.717) is 5.82 Å². The van der Waals surface area contributed by atoms with Gasteiger partial charge in [0.2, 0.25) is 0 Å². The Kier molecular flexibility index (Phi) is 1.77. The van der Waals surface area contributed by atoms with Gasteiger partial charge in [0.25, 0.3) is 0 Å². The Morgan fingerprint density at radius 2 is 2.20 bits per heavy atom. The van der Waals surface area contributed by atoms with E-state index in [1.165, 1.54) is 0 Å². The monoisotopic (exact) mass is 350 g/mol. The fourth-order valence-electron chi connectivity index (χ4n) is 0.520. The van der Waals surface area contributed by atoms with Gasteiger partial charge in [0.1, 0.15) is 0 Å². The summed E-state index contributed by atoms with van der Waals surface area (Å²) in [6, 6.07) is 0. The van der Waals surface area contributed by atoms with E-state index in [0.717, 1.165) is 3.77 Å². The Morgan fingerprint density at radius 1 is 1.40 bits per heavy atom. The first-order valence-corrected chi connectivity index (χ1v) is 9.08. The Labute approximate surface area is 79.3 Å². The molecular formula is C2Br2N4SSe. The second-order valence-corrected chi connectivity index (χ2v) is 13.4. The molecule has 2 rings (SSSR count). The Hall–Kier alpha value is 0.769. The molecule has 0 radical (unpaired) electrons. The maximum absolute atomic E-state index is 3.98. The van der Waals surface area contributed by atoms with Gasteiger partial charge in [-0.05, 0) is 0 Å². The van der Waals surface area contributed by atoms with Crippen molar-refractivity contribution in [2.24, 2.45) is 9.63 Å². The zero-order valence-electron chi connectivity index (χ0n) is 4.36. The van der Waals surface area contributed by atoms with E-state index in [4.69, 9.17) is 0 Å². The quantitative estimate of drug-likeness (QED) is 0.674. The Balaban J connectivity index is 2.64. The first-order valence-electron chi connectivity index (χ1n) is 2.18. The van der Waals surface area contributed by atoms with Crippen molar-refractivity contribution in [1.29, 1.82) is 0 Å². The Bertz CT molecular complexity index is 295. The number of nitrogens with zero attached hydrogens (tertiary/aromatic N) is 4. The van der Waals surface area contributed by atoms with Crippen LogP contribution >= 0.6 is 36.7 Å². The molecule has 0 N–H and O–H groups in total. The molecule has 0 aliphatic carbocycles. The van der Waals surface area contributed by atoms with Crippen molar-refractivity contribution >= 4 is 57.3 Å². The van der Waals surface area contributed by atoms with Crippen LogP contribution in [0.3, 0.4) is 0 Å². The molecule has 1 aliphatic rings. The van der Waals surface area contributed by atoms with E-state index in [1.54, 1.807) is 0 Å². The summed E-state index contributed by atoms with van der Waals surface area (Å²) in [6.07, 6.45) is 0. The molecule has 54 valence electrons. The molecule has 0 amide bonds. The maximum atomic E-state index is 3.98. The van der Waals surface area contributed by atoms with Crippen LogP contribution in [0.15, 0.2) is 13.4 Å². The zero-order chi connectivity index (χ0) is 7.19. The molecule has 1 aromatic heterocycles. The van der Waals surface area contributed by atoms with Crippen molar-refractivity contribution < 1.29 is 0 Å². The molecule has 0 bridgehead atoms. The van der Waals surface area contributed by atoms with Gasteiger partial charge in [0, 0.05) is 0 Å². The summed E-state index contributed by atoms with van der Waals surface area (Å²) in [6.45, 7) is 0. The number of halogens is 2. The molecule has 1 aromatic rings. The van der Waals surface area contributed by atoms with Crippen LogP contribution in [0, 0.1) is 0 Å². The van der Waals surface area contributed by atoms with Crippen LogP contribution < -0.4 is 0 Å². The van der Waals surface area contributed by atoms with E-state index in [9.17, 15) is 0 Å². The third kappa shape index (κ3) is 1.02. The molecule has 0 atom stereocenters. The summed E-state index contributed by atoms with van der Waals surface area (Å²) >= 11 is 6.95. The third-order valence-electron chi connectivity index (χ3n) is 0.903. The van der Waals surface area contributed by atoms with Crippen LogP contribution in [0.2, 0.25) is 0 Å². The van der Waals surface area contributed by atoms with Gasteiger partial charge < -0.3 is 0 Å². The van der Waals surface area contributed by atoms with Gasteiger partial charge in [-0.2, -0.15) is 0 Å². The van der Waals surface area contributed by atoms with Gasteiger partial charge in [0.05, 0.1) is 0 Å². The van der Waals surface area contributed by atoms with Crippen molar-refractivity contribution in [1.82, 2.24) is 9.19 Å². The first kappa shape index (κ1) is 7.42. The third-order valence-corrected chi connectivity index (χ3v) is 10.4. The molecule has 0 spiro atoms. The summed E-state index contributed by atoms with van der Waals surface area (Å²) < 4.78 is 8.99. The standard InChI is InChI=1S/C2Br2N4SSe/c3-9(4)2-1(5-7-9)6-8-10-2. The Morgan fingerprint density at radius 3 is 2.90 bits per heavy atom. The molecule has 0 saturated heterocycles. The van der Waals surface area contributed by atoms with Crippen molar-refractivity contribution in [2.45, 2.75) is 3.77 Å². The van der Waals surface area contributed by atoms with Crippen LogP contribution in [0.5, 0.6) is 0 Å². The van der Waals surface area contributed by atoms with Gasteiger partial charge in [-0.1, -0.05) is 0 Å². The summed E-state index contributed by atoms with van der Waals surface area (Å²) in [5, 5.41) is 7.68. The SMILES string of the molecule is BrS1(Br)N=Nc2nn[se]c21. The summed E-state index contributed by atoms with van der Waals surface area (Å²) in [7, 11) is -1.32. The normalized spacial score (nSPS) is 22.6. The number of rotatable bonds is 0. The number of fused-ring (bicyclic) bond motifs is 1. The van der Waals surface area contributed by atoms with Crippen LogP contribution in [0.4, 0.5) is 5.82 Å². The van der Waals surface area contributed by atoms with Gasteiger partial charge in [-0.3, -0.25) is 0 Å². The van der Waals surface area contributed by atoms with Gasteiger partial charge >= 0.3 is 79.9 Å². The van der Waals surface area contributed by atoms with Gasteiger partial charge in [0.15, 0.2) is 0 Å². The number of aromatic nitrogens is 2. The first-order chi connectivity index (χ1) is 4.70. The molecule has 0 saturated carbocycles. The second kappa shape index (κ2) is 2.38. The minimum atomic E-state index is -1.32. The van der Waals surface area contributed by atoms with E-state index in [2.05, 4.69) is 48.5 Å². The van der Waals surface area contributed by atoms with E-state index in [1.807, 2.05) is 0 Å². The molecule has 4 nitrogen and oxygen atoms in total. The molecule has 0 unspecified atom stereocenters. The van der Waals surface area contributed by atoms with E-state index < -0.39 is 7.08 Å². The van der Waals surface area contributed by atoms with Crippen LogP contribution in [0.1, 0.15) is 0 Å². The number of hydrogen-bond acceptors (Lipinski definition) is 4. The average Bonchev–Trinajstić information content (AvgIpc) is 2.36. The van der Waals surface area contributed by atoms with Gasteiger partial charge in [-0.25, -0.2) is 0 Å². The van der Waals surface area contributed by atoms with Crippen LogP contribution in [0.25, 0.3) is 0 Å². The summed E-state index contributed by atoms with van der Waals surface area (Å²) in [4.78, 5) is 0. The van der Waals surface area contributed by atoms with Crippen LogP contribution in [-0.4, -0.2) is 23.9 Å². The molecule has 2 heterocycles. The molecule has 0 aromatic carbocycles. The van der Waals surface area contributed by atoms with Crippen molar-refractivity contribution in [2.75, 3.05) is 0 Å². The molecule has 8 heteroatoms. The predicted molar refractivity (Wildman–Crippen MR) is 47.2 cm³/mol. The van der Waals surface area contributed by atoms with Gasteiger partial charge in [-0.15, -0.1) is 0 Å². The van der Waals surface area contributed by atoms with E-state index >= 15 is 0 Å². The summed E-state index contributed by atoms with van der Waals surface area (Å²) in [5.41, 5.74) is 0. The molecule has 10 heavy (non-hydrogen) atoms. The fourth-order valence-corrected chi connectivity index (χ4v) is 5.96. The average molecular weight is 351 g/mol. The molecule has 1 aliphatic heterocycles. The van der Waals surface area contributed by atoms with Crippen molar-refractivity contribution in [3.05, 3.63) is 0 Å². The minimum absolute atomic E-state index is 0.0984. The van der Waals surface area contributed by atoms with Crippen molar-refractivity contribution in [3.63, 3.8) is 0 Å². The summed E-state index contributed by atoms with van der Waals surface area (Å²) in [5.74, 6) is 0.698. The molecule has 0 fully saturated rings. The zero-order valence-corrected chi connectivity index (χ0v) is 10.1. The molecular weight excluding hydrogens is 351 g/mol. The van der Waals surface area contributed by atoms with Crippen LogP contribution in [-0.2, 0) is 0 Å². The number of hydrogen-bond donors (Lipinski definition) is 0. The second-order valence-electron chi connectivity index (χ2n) is 1.51.